The highest BCUT2D eigenvalue weighted by atomic mass is 16.4. The molecule has 1 heterocycles. The van der Waals surface area contributed by atoms with Crippen LogP contribution in [0.2, 0.25) is 0 Å². The summed E-state index contributed by atoms with van der Waals surface area (Å²) in [6.45, 7) is 4.02. The molecule has 14 heavy (non-hydrogen) atoms. The van der Waals surface area contributed by atoms with Gasteiger partial charge in [-0.15, -0.1) is 0 Å². The molecule has 5 nitrogen and oxygen atoms in total. The van der Waals surface area contributed by atoms with Gasteiger partial charge in [0, 0.05) is 0 Å². The van der Waals surface area contributed by atoms with Crippen LogP contribution in [0, 0.1) is 5.92 Å². The van der Waals surface area contributed by atoms with Crippen LogP contribution in [0.1, 0.15) is 42.6 Å². The van der Waals surface area contributed by atoms with E-state index in [0.717, 1.165) is 6.39 Å². The standard InChI is InChI=1S/C9H14N2O3/c1-5(2)3-6(10)8-7(9(12)13)11-4-14-8/h4-6H,3,10H2,1-2H3,(H,12,13)/t6-/m1/s1. The smallest absolute Gasteiger partial charge is 0.358 e. The van der Waals surface area contributed by atoms with Gasteiger partial charge in [0.05, 0.1) is 6.04 Å². The Hall–Kier alpha value is -1.36. The number of oxazole rings is 1. The zero-order chi connectivity index (χ0) is 10.7. The third-order valence-corrected chi connectivity index (χ3v) is 1.86. The summed E-state index contributed by atoms with van der Waals surface area (Å²) >= 11 is 0. The van der Waals surface area contributed by atoms with Crippen molar-refractivity contribution in [3.8, 4) is 0 Å². The number of rotatable bonds is 4. The van der Waals surface area contributed by atoms with Gasteiger partial charge in [0.25, 0.3) is 0 Å². The summed E-state index contributed by atoms with van der Waals surface area (Å²) in [6.07, 6.45) is 1.79. The molecule has 0 aliphatic heterocycles. The molecule has 0 radical (unpaired) electrons. The lowest BCUT2D eigenvalue weighted by molar-refractivity contribution is 0.0687. The SMILES string of the molecule is CC(C)C[C@@H](N)c1ocnc1C(=O)O. The Morgan fingerprint density at radius 2 is 2.36 bits per heavy atom. The summed E-state index contributed by atoms with van der Waals surface area (Å²) < 4.78 is 4.97. The van der Waals surface area contributed by atoms with E-state index in [4.69, 9.17) is 15.3 Å². The molecule has 1 atom stereocenters. The Morgan fingerprint density at radius 1 is 1.71 bits per heavy atom. The first kappa shape index (κ1) is 10.7. The fourth-order valence-electron chi connectivity index (χ4n) is 1.29. The normalized spacial score (nSPS) is 13.1. The van der Waals surface area contributed by atoms with Crippen LogP contribution in [0.4, 0.5) is 0 Å². The lowest BCUT2D eigenvalue weighted by Gasteiger charge is -2.11. The fraction of sp³-hybridized carbons (Fsp3) is 0.556. The van der Waals surface area contributed by atoms with E-state index in [0.29, 0.717) is 12.3 Å². The van der Waals surface area contributed by atoms with Crippen LogP contribution in [0.25, 0.3) is 0 Å². The number of aromatic carboxylic acids is 1. The number of nitrogens with zero attached hydrogens (tertiary/aromatic N) is 1. The van der Waals surface area contributed by atoms with E-state index in [1.54, 1.807) is 0 Å². The monoisotopic (exact) mass is 198 g/mol. The number of carbonyl (C=O) groups is 1. The van der Waals surface area contributed by atoms with Crippen LogP contribution >= 0.6 is 0 Å². The molecule has 0 unspecified atom stereocenters. The van der Waals surface area contributed by atoms with Crippen LogP contribution in [-0.4, -0.2) is 16.1 Å². The average Bonchev–Trinajstić information content (AvgIpc) is 2.49. The molecule has 0 spiro atoms. The summed E-state index contributed by atoms with van der Waals surface area (Å²) in [4.78, 5) is 14.3. The maximum Gasteiger partial charge on any atom is 0.358 e. The Labute approximate surface area is 81.9 Å². The number of hydrogen-bond acceptors (Lipinski definition) is 4. The molecular formula is C9H14N2O3. The second-order valence-corrected chi connectivity index (χ2v) is 3.61. The first-order chi connectivity index (χ1) is 6.52. The lowest BCUT2D eigenvalue weighted by Crippen LogP contribution is -2.15. The number of carboxylic acids is 1. The van der Waals surface area contributed by atoms with Crippen LogP contribution in [-0.2, 0) is 0 Å². The highest BCUT2D eigenvalue weighted by Crippen LogP contribution is 2.21. The van der Waals surface area contributed by atoms with E-state index in [-0.39, 0.29) is 11.5 Å². The third-order valence-electron chi connectivity index (χ3n) is 1.86. The molecule has 1 rings (SSSR count). The van der Waals surface area contributed by atoms with Crippen molar-refractivity contribution in [3.05, 3.63) is 17.8 Å². The molecule has 5 heteroatoms. The number of aromatic nitrogens is 1. The quantitative estimate of drug-likeness (QED) is 0.763. The van der Waals surface area contributed by atoms with Gasteiger partial charge in [0.1, 0.15) is 0 Å². The second-order valence-electron chi connectivity index (χ2n) is 3.61. The summed E-state index contributed by atoms with van der Waals surface area (Å²) in [7, 11) is 0. The van der Waals surface area contributed by atoms with E-state index in [1.165, 1.54) is 0 Å². The zero-order valence-electron chi connectivity index (χ0n) is 8.23. The Morgan fingerprint density at radius 3 is 2.86 bits per heavy atom. The number of carboxylic acid groups (broad SMARTS) is 1. The number of hydrogen-bond donors (Lipinski definition) is 2. The Bertz CT molecular complexity index is 320. The molecule has 0 amide bonds. The highest BCUT2D eigenvalue weighted by molar-refractivity contribution is 5.86. The lowest BCUT2D eigenvalue weighted by atomic mass is 10.0. The summed E-state index contributed by atoms with van der Waals surface area (Å²) in [6, 6.07) is -0.399. The zero-order valence-corrected chi connectivity index (χ0v) is 8.23. The van der Waals surface area contributed by atoms with Gasteiger partial charge in [-0.25, -0.2) is 9.78 Å². The molecule has 1 aromatic rings. The molecule has 3 N–H and O–H groups in total. The van der Waals surface area contributed by atoms with E-state index in [9.17, 15) is 4.79 Å². The first-order valence-corrected chi connectivity index (χ1v) is 4.44. The van der Waals surface area contributed by atoms with Crippen molar-refractivity contribution >= 4 is 5.97 Å². The summed E-state index contributed by atoms with van der Waals surface area (Å²) in [5.41, 5.74) is 5.70. The van der Waals surface area contributed by atoms with Gasteiger partial charge >= 0.3 is 5.97 Å². The predicted molar refractivity (Wildman–Crippen MR) is 49.8 cm³/mol. The van der Waals surface area contributed by atoms with Crippen molar-refractivity contribution < 1.29 is 14.3 Å². The minimum absolute atomic E-state index is 0.0850. The predicted octanol–water partition coefficient (Wildman–Crippen LogP) is 1.42. The molecule has 1 aromatic heterocycles. The van der Waals surface area contributed by atoms with Crippen molar-refractivity contribution in [2.75, 3.05) is 0 Å². The topological polar surface area (TPSA) is 89.4 Å². The van der Waals surface area contributed by atoms with Crippen molar-refractivity contribution in [3.63, 3.8) is 0 Å². The van der Waals surface area contributed by atoms with Gasteiger partial charge < -0.3 is 15.3 Å². The molecule has 0 aliphatic carbocycles. The van der Waals surface area contributed by atoms with Gasteiger partial charge in [-0.2, -0.15) is 0 Å². The van der Waals surface area contributed by atoms with E-state index < -0.39 is 12.0 Å². The van der Waals surface area contributed by atoms with E-state index >= 15 is 0 Å². The van der Waals surface area contributed by atoms with Crippen LogP contribution < -0.4 is 5.73 Å². The van der Waals surface area contributed by atoms with Gasteiger partial charge in [0.15, 0.2) is 17.8 Å². The third kappa shape index (κ3) is 2.32. The molecule has 0 aliphatic rings. The summed E-state index contributed by atoms with van der Waals surface area (Å²) in [5.74, 6) is -0.462. The molecule has 0 fully saturated rings. The minimum Gasteiger partial charge on any atom is -0.476 e. The largest absolute Gasteiger partial charge is 0.476 e. The van der Waals surface area contributed by atoms with E-state index in [1.807, 2.05) is 13.8 Å². The molecule has 78 valence electrons. The van der Waals surface area contributed by atoms with Crippen LogP contribution in [0.3, 0.4) is 0 Å². The second kappa shape index (κ2) is 4.23. The molecule has 0 saturated carbocycles. The van der Waals surface area contributed by atoms with Gasteiger partial charge in [0.2, 0.25) is 0 Å². The van der Waals surface area contributed by atoms with Gasteiger partial charge in [-0.1, -0.05) is 13.8 Å². The molecular weight excluding hydrogens is 184 g/mol. The van der Waals surface area contributed by atoms with Crippen LogP contribution in [0.5, 0.6) is 0 Å². The van der Waals surface area contributed by atoms with Crippen molar-refractivity contribution in [1.82, 2.24) is 4.98 Å². The van der Waals surface area contributed by atoms with E-state index in [2.05, 4.69) is 4.98 Å². The van der Waals surface area contributed by atoms with Gasteiger partial charge in [-0.05, 0) is 12.3 Å². The first-order valence-electron chi connectivity index (χ1n) is 4.44. The Balaban J connectivity index is 2.84. The van der Waals surface area contributed by atoms with Crippen LogP contribution in [0.15, 0.2) is 10.8 Å². The maximum atomic E-state index is 10.7. The molecule has 0 aromatic carbocycles. The van der Waals surface area contributed by atoms with Crippen molar-refractivity contribution in [2.45, 2.75) is 26.3 Å². The van der Waals surface area contributed by atoms with Crippen molar-refractivity contribution in [1.29, 1.82) is 0 Å². The minimum atomic E-state index is -1.10. The number of nitrogens with two attached hydrogens (primary N) is 1. The average molecular weight is 198 g/mol. The highest BCUT2D eigenvalue weighted by Gasteiger charge is 2.21. The maximum absolute atomic E-state index is 10.7. The van der Waals surface area contributed by atoms with Gasteiger partial charge in [-0.3, -0.25) is 0 Å². The Kier molecular flexibility index (Phi) is 3.24. The summed E-state index contributed by atoms with van der Waals surface area (Å²) in [5, 5.41) is 8.76. The molecule has 0 bridgehead atoms. The van der Waals surface area contributed by atoms with Crippen molar-refractivity contribution in [2.24, 2.45) is 11.7 Å². The fourth-order valence-corrected chi connectivity index (χ4v) is 1.29. The molecule has 0 saturated heterocycles.